The molecule has 4 heterocycles. The smallest absolute Gasteiger partial charge is 0.274 e. The lowest BCUT2D eigenvalue weighted by Crippen LogP contribution is -2.55. The highest BCUT2D eigenvalue weighted by atomic mass is 16.3. The van der Waals surface area contributed by atoms with Crippen molar-refractivity contribution in [2.24, 2.45) is 11.8 Å². The number of amides is 1. The third-order valence-electron chi connectivity index (χ3n) is 7.24. The predicted octanol–water partition coefficient (Wildman–Crippen LogP) is 1.10. The number of piperazine rings is 1. The summed E-state index contributed by atoms with van der Waals surface area (Å²) in [6, 6.07) is 6.17. The maximum atomic E-state index is 13.1. The van der Waals surface area contributed by atoms with Gasteiger partial charge in [0, 0.05) is 51.5 Å². The summed E-state index contributed by atoms with van der Waals surface area (Å²) in [5.74, 6) is 0.898. The van der Waals surface area contributed by atoms with Gasteiger partial charge in [0.15, 0.2) is 5.69 Å². The van der Waals surface area contributed by atoms with Crippen molar-refractivity contribution in [1.82, 2.24) is 24.3 Å². The molecule has 2 aromatic rings. The molecule has 3 fully saturated rings. The third-order valence-corrected chi connectivity index (χ3v) is 7.24. The van der Waals surface area contributed by atoms with Crippen molar-refractivity contribution in [2.45, 2.75) is 31.9 Å². The summed E-state index contributed by atoms with van der Waals surface area (Å²) in [6.07, 6.45) is 3.41. The predicted molar refractivity (Wildman–Crippen MR) is 111 cm³/mol. The molecule has 156 valence electrons. The Balaban J connectivity index is 1.28. The molecule has 0 unspecified atom stereocenters. The Hall–Kier alpha value is -1.96. The van der Waals surface area contributed by atoms with E-state index < -0.39 is 0 Å². The largest absolute Gasteiger partial charge is 0.391 e. The maximum Gasteiger partial charge on any atom is 0.274 e. The van der Waals surface area contributed by atoms with Crippen molar-refractivity contribution in [3.8, 4) is 0 Å². The fourth-order valence-corrected chi connectivity index (χ4v) is 5.49. The van der Waals surface area contributed by atoms with E-state index in [1.54, 1.807) is 4.52 Å². The summed E-state index contributed by atoms with van der Waals surface area (Å²) < 4.78 is 1.77. The number of likely N-dealkylation sites (tertiary alicyclic amines) is 1. The van der Waals surface area contributed by atoms with E-state index in [1.165, 1.54) is 0 Å². The third kappa shape index (κ3) is 3.56. The number of aliphatic hydroxyl groups is 1. The summed E-state index contributed by atoms with van der Waals surface area (Å²) in [4.78, 5) is 19.9. The van der Waals surface area contributed by atoms with E-state index in [0.717, 1.165) is 63.2 Å². The van der Waals surface area contributed by atoms with E-state index in [1.807, 2.05) is 36.2 Å². The lowest BCUT2D eigenvalue weighted by Gasteiger charge is -2.44. The number of aromatic nitrogens is 2. The second-order valence-electron chi connectivity index (χ2n) is 9.28. The Kier molecular flexibility index (Phi) is 4.84. The highest BCUT2D eigenvalue weighted by Gasteiger charge is 2.45. The van der Waals surface area contributed by atoms with E-state index in [0.29, 0.717) is 17.5 Å². The number of pyridine rings is 1. The Morgan fingerprint density at radius 3 is 2.59 bits per heavy atom. The van der Waals surface area contributed by atoms with Crippen LogP contribution in [0.25, 0.3) is 5.52 Å². The monoisotopic (exact) mass is 397 g/mol. The summed E-state index contributed by atoms with van der Waals surface area (Å²) in [5, 5.41) is 15.3. The van der Waals surface area contributed by atoms with Crippen LogP contribution in [0.1, 0.15) is 28.9 Å². The summed E-state index contributed by atoms with van der Waals surface area (Å²) in [6.45, 7) is 7.75. The van der Waals surface area contributed by atoms with Gasteiger partial charge in [0.2, 0.25) is 0 Å². The summed E-state index contributed by atoms with van der Waals surface area (Å²) in [5.41, 5.74) is 2.63. The van der Waals surface area contributed by atoms with Gasteiger partial charge in [0.05, 0.1) is 11.6 Å². The zero-order valence-corrected chi connectivity index (χ0v) is 17.4. The number of carbonyl (C=O) groups is 1. The molecular formula is C22H31N5O2. The minimum absolute atomic E-state index is 0.0198. The lowest BCUT2D eigenvalue weighted by molar-refractivity contribution is -0.0249. The molecule has 3 aliphatic rings. The molecule has 1 N–H and O–H groups in total. The van der Waals surface area contributed by atoms with Crippen molar-refractivity contribution in [2.75, 3.05) is 46.3 Å². The molecule has 0 spiro atoms. The van der Waals surface area contributed by atoms with Gasteiger partial charge in [-0.05, 0) is 62.4 Å². The number of likely N-dealkylation sites (N-methyl/N-ethyl adjacent to an activating group) is 1. The van der Waals surface area contributed by atoms with Crippen LogP contribution in [0, 0.1) is 18.8 Å². The van der Waals surface area contributed by atoms with Gasteiger partial charge in [0.1, 0.15) is 0 Å². The Labute approximate surface area is 171 Å². The van der Waals surface area contributed by atoms with Gasteiger partial charge >= 0.3 is 0 Å². The summed E-state index contributed by atoms with van der Waals surface area (Å²) >= 11 is 0. The number of hydrogen-bond acceptors (Lipinski definition) is 5. The topological polar surface area (TPSA) is 64.3 Å². The number of hydrogen-bond donors (Lipinski definition) is 1. The molecule has 0 bridgehead atoms. The van der Waals surface area contributed by atoms with Crippen molar-refractivity contribution < 1.29 is 9.90 Å². The van der Waals surface area contributed by atoms with Crippen molar-refractivity contribution in [1.29, 1.82) is 0 Å². The Morgan fingerprint density at radius 1 is 1.10 bits per heavy atom. The maximum absolute atomic E-state index is 13.1. The highest BCUT2D eigenvalue weighted by molar-refractivity contribution is 5.93. The van der Waals surface area contributed by atoms with Gasteiger partial charge in [-0.2, -0.15) is 5.10 Å². The van der Waals surface area contributed by atoms with Crippen LogP contribution in [0.4, 0.5) is 0 Å². The molecule has 7 nitrogen and oxygen atoms in total. The molecule has 29 heavy (non-hydrogen) atoms. The minimum Gasteiger partial charge on any atom is -0.391 e. The van der Waals surface area contributed by atoms with Crippen LogP contribution in [-0.4, -0.2) is 93.8 Å². The fourth-order valence-electron chi connectivity index (χ4n) is 5.49. The summed E-state index contributed by atoms with van der Waals surface area (Å²) in [7, 11) is 2.16. The zero-order chi connectivity index (χ0) is 20.1. The molecule has 1 amide bonds. The van der Waals surface area contributed by atoms with E-state index >= 15 is 0 Å². The van der Waals surface area contributed by atoms with Crippen LogP contribution in [0.5, 0.6) is 0 Å². The molecule has 2 aromatic heterocycles. The molecule has 0 radical (unpaired) electrons. The van der Waals surface area contributed by atoms with Gasteiger partial charge in [-0.3, -0.25) is 9.69 Å². The van der Waals surface area contributed by atoms with Gasteiger partial charge in [0.25, 0.3) is 5.91 Å². The molecule has 5 rings (SSSR count). The first kappa shape index (κ1) is 19.0. The molecule has 0 aromatic carbocycles. The van der Waals surface area contributed by atoms with E-state index in [2.05, 4.69) is 21.9 Å². The number of aliphatic hydroxyl groups excluding tert-OH is 1. The Bertz CT molecular complexity index is 904. The number of rotatable bonds is 2. The average Bonchev–Trinajstić information content (AvgIpc) is 3.30. The molecule has 1 saturated carbocycles. The minimum atomic E-state index is -0.284. The normalized spacial score (nSPS) is 31.3. The molecule has 2 saturated heterocycles. The lowest BCUT2D eigenvalue weighted by atomic mass is 9.77. The quantitative estimate of drug-likeness (QED) is 0.822. The number of carbonyl (C=O) groups excluding carboxylic acids is 1. The second kappa shape index (κ2) is 7.38. The first-order valence-electron chi connectivity index (χ1n) is 10.8. The van der Waals surface area contributed by atoms with Crippen LogP contribution in [-0.2, 0) is 0 Å². The van der Waals surface area contributed by atoms with Crippen LogP contribution in [0.2, 0.25) is 0 Å². The molecule has 7 heteroatoms. The Morgan fingerprint density at radius 2 is 1.83 bits per heavy atom. The number of nitrogens with zero attached hydrogens (tertiary/aromatic N) is 5. The molecule has 2 aliphatic heterocycles. The zero-order valence-electron chi connectivity index (χ0n) is 17.4. The molecule has 1 aliphatic carbocycles. The van der Waals surface area contributed by atoms with Gasteiger partial charge in [-0.25, -0.2) is 4.52 Å². The molecule has 4 atom stereocenters. The van der Waals surface area contributed by atoms with Crippen LogP contribution >= 0.6 is 0 Å². The number of fused-ring (bicyclic) bond motifs is 2. The first-order valence-corrected chi connectivity index (χ1v) is 10.8. The standard InChI is InChI=1S/C22H31N5O2/c1-15-3-4-27-18(9-15)12-19(23-27)22(29)26-13-16-10-20(21(28)11-17(16)14-26)25-7-5-24(2)6-8-25/h3-4,9,12,16-17,20-21,28H,5-8,10-11,13-14H2,1-2H3/t16-,17+,20-,21-/m1/s1. The fraction of sp³-hybridized carbons (Fsp3) is 0.636. The van der Waals surface area contributed by atoms with Crippen molar-refractivity contribution in [3.63, 3.8) is 0 Å². The van der Waals surface area contributed by atoms with Gasteiger partial charge in [-0.1, -0.05) is 0 Å². The van der Waals surface area contributed by atoms with Crippen molar-refractivity contribution in [3.05, 3.63) is 35.7 Å². The number of aryl methyl sites for hydroxylation is 1. The average molecular weight is 398 g/mol. The second-order valence-corrected chi connectivity index (χ2v) is 9.28. The first-order chi connectivity index (χ1) is 14.0. The van der Waals surface area contributed by atoms with Gasteiger partial charge in [-0.15, -0.1) is 0 Å². The van der Waals surface area contributed by atoms with E-state index in [9.17, 15) is 9.90 Å². The van der Waals surface area contributed by atoms with Crippen molar-refractivity contribution >= 4 is 11.4 Å². The highest BCUT2D eigenvalue weighted by Crippen LogP contribution is 2.39. The van der Waals surface area contributed by atoms with Crippen LogP contribution in [0.3, 0.4) is 0 Å². The molecular weight excluding hydrogens is 366 g/mol. The van der Waals surface area contributed by atoms with Crippen LogP contribution < -0.4 is 0 Å². The van der Waals surface area contributed by atoms with Crippen LogP contribution in [0.15, 0.2) is 24.4 Å². The SMILES string of the molecule is Cc1ccn2nc(C(=O)N3C[C@H]4C[C@@H](N5CCN(C)CC5)[C@H](O)C[C@H]4C3)cc2c1. The van der Waals surface area contributed by atoms with E-state index in [4.69, 9.17) is 0 Å². The van der Waals surface area contributed by atoms with Gasteiger partial charge < -0.3 is 14.9 Å². The van der Waals surface area contributed by atoms with E-state index in [-0.39, 0.29) is 18.1 Å².